The molecule has 0 aliphatic carbocycles. The number of hydrogen-bond acceptors (Lipinski definition) is 2. The van der Waals surface area contributed by atoms with Crippen molar-refractivity contribution in [1.29, 1.82) is 0 Å². The molecule has 1 atom stereocenters. The van der Waals surface area contributed by atoms with Gasteiger partial charge in [-0.25, -0.2) is 0 Å². The van der Waals surface area contributed by atoms with Gasteiger partial charge in [0.05, 0.1) is 6.42 Å². The first kappa shape index (κ1) is 15.0. The third kappa shape index (κ3) is 5.38. The second kappa shape index (κ2) is 6.73. The van der Waals surface area contributed by atoms with Crippen molar-refractivity contribution in [3.63, 3.8) is 0 Å². The maximum atomic E-state index is 11.9. The van der Waals surface area contributed by atoms with Crippen LogP contribution in [0.3, 0.4) is 0 Å². The molecular formula is C15H19NO3. The second-order valence-corrected chi connectivity index (χ2v) is 4.82. The van der Waals surface area contributed by atoms with Gasteiger partial charge in [0.1, 0.15) is 0 Å². The number of aliphatic carboxylic acids is 1. The highest BCUT2D eigenvalue weighted by Crippen LogP contribution is 2.15. The number of carboxylic acids is 1. The van der Waals surface area contributed by atoms with Crippen molar-refractivity contribution < 1.29 is 14.7 Å². The number of carbonyl (C=O) groups excluding carboxylic acids is 1. The zero-order chi connectivity index (χ0) is 14.4. The van der Waals surface area contributed by atoms with E-state index in [2.05, 4.69) is 11.9 Å². The second-order valence-electron chi connectivity index (χ2n) is 4.82. The molecule has 1 unspecified atom stereocenters. The first-order chi connectivity index (χ1) is 8.88. The van der Waals surface area contributed by atoms with E-state index in [9.17, 15) is 9.59 Å². The number of benzene rings is 1. The quantitative estimate of drug-likeness (QED) is 0.774. The molecule has 1 amide bonds. The lowest BCUT2D eigenvalue weighted by atomic mass is 10.0. The molecule has 0 saturated carbocycles. The van der Waals surface area contributed by atoms with Gasteiger partial charge >= 0.3 is 5.97 Å². The van der Waals surface area contributed by atoms with Gasteiger partial charge in [0.2, 0.25) is 5.91 Å². The summed E-state index contributed by atoms with van der Waals surface area (Å²) in [6.45, 7) is 7.51. The molecule has 0 radical (unpaired) electrons. The molecule has 0 spiro atoms. The highest BCUT2D eigenvalue weighted by atomic mass is 16.4. The van der Waals surface area contributed by atoms with Crippen molar-refractivity contribution in [1.82, 2.24) is 0 Å². The van der Waals surface area contributed by atoms with Gasteiger partial charge in [0.15, 0.2) is 0 Å². The van der Waals surface area contributed by atoms with Gasteiger partial charge in [-0.2, -0.15) is 0 Å². The highest BCUT2D eigenvalue weighted by Gasteiger charge is 2.13. The Labute approximate surface area is 113 Å². The Morgan fingerprint density at radius 1 is 1.42 bits per heavy atom. The van der Waals surface area contributed by atoms with Gasteiger partial charge in [-0.05, 0) is 31.0 Å². The SMILES string of the molecule is C=C(C)CC(C)C(=O)Nc1cccc(CC(=O)O)c1. The monoisotopic (exact) mass is 261 g/mol. The zero-order valence-corrected chi connectivity index (χ0v) is 11.3. The number of carbonyl (C=O) groups is 2. The molecule has 4 heteroatoms. The Bertz CT molecular complexity index is 494. The number of amides is 1. The lowest BCUT2D eigenvalue weighted by Crippen LogP contribution is -2.20. The van der Waals surface area contributed by atoms with Crippen LogP contribution in [0.25, 0.3) is 0 Å². The lowest BCUT2D eigenvalue weighted by molar-refractivity contribution is -0.136. The maximum Gasteiger partial charge on any atom is 0.307 e. The molecule has 1 aromatic rings. The van der Waals surface area contributed by atoms with Gasteiger partial charge in [-0.3, -0.25) is 9.59 Å². The van der Waals surface area contributed by atoms with Gasteiger partial charge in [0, 0.05) is 11.6 Å². The van der Waals surface area contributed by atoms with Crippen LogP contribution < -0.4 is 5.32 Å². The number of hydrogen-bond donors (Lipinski definition) is 2. The van der Waals surface area contributed by atoms with E-state index in [-0.39, 0.29) is 18.2 Å². The standard InChI is InChI=1S/C15H19NO3/c1-10(2)7-11(3)15(19)16-13-6-4-5-12(8-13)9-14(17)18/h4-6,8,11H,1,7,9H2,2-3H3,(H,16,19)(H,17,18). The number of carboxylic acid groups (broad SMARTS) is 1. The summed E-state index contributed by atoms with van der Waals surface area (Å²) in [4.78, 5) is 22.5. The average molecular weight is 261 g/mol. The van der Waals surface area contributed by atoms with Crippen LogP contribution >= 0.6 is 0 Å². The van der Waals surface area contributed by atoms with Crippen LogP contribution in [0.4, 0.5) is 5.69 Å². The predicted octanol–water partition coefficient (Wildman–Crippen LogP) is 2.85. The van der Waals surface area contributed by atoms with E-state index < -0.39 is 5.97 Å². The Balaban J connectivity index is 2.68. The Hall–Kier alpha value is -2.10. The smallest absolute Gasteiger partial charge is 0.307 e. The minimum atomic E-state index is -0.890. The number of allylic oxidation sites excluding steroid dienone is 1. The van der Waals surface area contributed by atoms with Crippen LogP contribution in [-0.4, -0.2) is 17.0 Å². The van der Waals surface area contributed by atoms with E-state index in [1.54, 1.807) is 24.3 Å². The summed E-state index contributed by atoms with van der Waals surface area (Å²) >= 11 is 0. The number of rotatable bonds is 6. The van der Waals surface area contributed by atoms with Gasteiger partial charge < -0.3 is 10.4 Å². The molecule has 0 saturated heterocycles. The van der Waals surface area contributed by atoms with E-state index in [0.29, 0.717) is 17.7 Å². The summed E-state index contributed by atoms with van der Waals surface area (Å²) in [5.74, 6) is -1.13. The fourth-order valence-corrected chi connectivity index (χ4v) is 1.81. The van der Waals surface area contributed by atoms with Crippen molar-refractivity contribution in [2.24, 2.45) is 5.92 Å². The van der Waals surface area contributed by atoms with E-state index >= 15 is 0 Å². The van der Waals surface area contributed by atoms with Gasteiger partial charge in [-0.1, -0.05) is 24.6 Å². The summed E-state index contributed by atoms with van der Waals surface area (Å²) in [5.41, 5.74) is 2.25. The first-order valence-corrected chi connectivity index (χ1v) is 6.14. The minimum absolute atomic E-state index is 0.0506. The summed E-state index contributed by atoms with van der Waals surface area (Å²) in [7, 11) is 0. The van der Waals surface area contributed by atoms with E-state index in [0.717, 1.165) is 5.57 Å². The fourth-order valence-electron chi connectivity index (χ4n) is 1.81. The van der Waals surface area contributed by atoms with Crippen LogP contribution in [0.5, 0.6) is 0 Å². The van der Waals surface area contributed by atoms with Crippen molar-refractivity contribution >= 4 is 17.6 Å². The average Bonchev–Trinajstić information content (AvgIpc) is 2.27. The summed E-state index contributed by atoms with van der Waals surface area (Å²) < 4.78 is 0. The molecule has 0 aromatic heterocycles. The molecule has 0 bridgehead atoms. The van der Waals surface area contributed by atoms with Crippen molar-refractivity contribution in [2.45, 2.75) is 26.7 Å². The van der Waals surface area contributed by atoms with Gasteiger partial charge in [0.25, 0.3) is 0 Å². The summed E-state index contributed by atoms with van der Waals surface area (Å²) in [6.07, 6.45) is 0.589. The van der Waals surface area contributed by atoms with E-state index in [1.807, 2.05) is 13.8 Å². The van der Waals surface area contributed by atoms with E-state index in [1.165, 1.54) is 0 Å². The van der Waals surface area contributed by atoms with Crippen molar-refractivity contribution in [3.8, 4) is 0 Å². The Kier molecular flexibility index (Phi) is 5.30. The molecule has 2 N–H and O–H groups in total. The molecule has 1 aromatic carbocycles. The largest absolute Gasteiger partial charge is 0.481 e. The molecule has 4 nitrogen and oxygen atoms in total. The van der Waals surface area contributed by atoms with Crippen LogP contribution in [0.2, 0.25) is 0 Å². The van der Waals surface area contributed by atoms with Crippen LogP contribution in [0.15, 0.2) is 36.4 Å². The molecule has 0 fully saturated rings. The van der Waals surface area contributed by atoms with Crippen LogP contribution in [0.1, 0.15) is 25.8 Å². The Morgan fingerprint density at radius 2 is 2.11 bits per heavy atom. The molecule has 1 rings (SSSR count). The van der Waals surface area contributed by atoms with Crippen molar-refractivity contribution in [2.75, 3.05) is 5.32 Å². The third-order valence-electron chi connectivity index (χ3n) is 2.65. The molecule has 0 aliphatic heterocycles. The van der Waals surface area contributed by atoms with Crippen LogP contribution in [0, 0.1) is 5.92 Å². The predicted molar refractivity (Wildman–Crippen MR) is 75.0 cm³/mol. The summed E-state index contributed by atoms with van der Waals surface area (Å²) in [5, 5.41) is 11.5. The third-order valence-corrected chi connectivity index (χ3v) is 2.65. The molecule has 0 heterocycles. The van der Waals surface area contributed by atoms with E-state index in [4.69, 9.17) is 5.11 Å². The first-order valence-electron chi connectivity index (χ1n) is 6.14. The zero-order valence-electron chi connectivity index (χ0n) is 11.3. The highest BCUT2D eigenvalue weighted by molar-refractivity contribution is 5.92. The normalized spacial score (nSPS) is 11.7. The summed E-state index contributed by atoms with van der Waals surface area (Å²) in [6, 6.07) is 6.88. The fraction of sp³-hybridized carbons (Fsp3) is 0.333. The minimum Gasteiger partial charge on any atom is -0.481 e. The van der Waals surface area contributed by atoms with Crippen molar-refractivity contribution in [3.05, 3.63) is 42.0 Å². The topological polar surface area (TPSA) is 66.4 Å². The molecule has 19 heavy (non-hydrogen) atoms. The van der Waals surface area contributed by atoms with Crippen LogP contribution in [-0.2, 0) is 16.0 Å². The lowest BCUT2D eigenvalue weighted by Gasteiger charge is -2.12. The van der Waals surface area contributed by atoms with Gasteiger partial charge in [-0.15, -0.1) is 6.58 Å². The number of anilines is 1. The molecule has 102 valence electrons. The maximum absolute atomic E-state index is 11.9. The Morgan fingerprint density at radius 3 is 2.68 bits per heavy atom. The molecule has 0 aliphatic rings. The number of nitrogens with one attached hydrogen (secondary N) is 1. The molecular weight excluding hydrogens is 242 g/mol.